The number of hydrogen-bond acceptors (Lipinski definition) is 3. The minimum atomic E-state index is -0.144. The van der Waals surface area contributed by atoms with Gasteiger partial charge in [0.25, 0.3) is 0 Å². The summed E-state index contributed by atoms with van der Waals surface area (Å²) in [7, 11) is 0. The molecule has 0 unspecified atom stereocenters. The van der Waals surface area contributed by atoms with Gasteiger partial charge in [-0.2, -0.15) is 0 Å². The van der Waals surface area contributed by atoms with Gasteiger partial charge in [-0.25, -0.2) is 0 Å². The van der Waals surface area contributed by atoms with E-state index in [2.05, 4.69) is 12.2 Å². The summed E-state index contributed by atoms with van der Waals surface area (Å²) in [5.74, 6) is 0.603. The number of rotatable bonds is 5. The Morgan fingerprint density at radius 2 is 1.93 bits per heavy atom. The Morgan fingerprint density at radius 1 is 1.33 bits per heavy atom. The number of ether oxygens (including phenoxy) is 1. The number of carbonyl (C=O) groups is 1. The van der Waals surface area contributed by atoms with Crippen LogP contribution in [0.2, 0.25) is 0 Å². The third kappa shape index (κ3) is 4.65. The molecule has 3 heteroatoms. The first-order valence-corrected chi connectivity index (χ1v) is 6.02. The number of nitrogens with one attached hydrogen (secondary N) is 1. The van der Waals surface area contributed by atoms with Crippen molar-refractivity contribution in [2.45, 2.75) is 58.6 Å². The average Bonchev–Trinajstić information content (AvgIpc) is 2.65. The molecule has 1 N–H and O–H groups in total. The van der Waals surface area contributed by atoms with Crippen molar-refractivity contribution in [1.82, 2.24) is 5.32 Å². The zero-order valence-electron chi connectivity index (χ0n) is 10.1. The first-order chi connectivity index (χ1) is 7.09. The topological polar surface area (TPSA) is 38.3 Å². The van der Waals surface area contributed by atoms with Crippen molar-refractivity contribution >= 4 is 5.97 Å². The number of carbonyl (C=O) groups excluding carboxylic acids is 1. The first kappa shape index (κ1) is 12.5. The SMILES string of the molecule is CC(C)OC(=O)CN[C@@H](C)C1CCCC1. The maximum atomic E-state index is 11.3. The van der Waals surface area contributed by atoms with Crippen LogP contribution >= 0.6 is 0 Å². The van der Waals surface area contributed by atoms with Crippen molar-refractivity contribution in [3.63, 3.8) is 0 Å². The van der Waals surface area contributed by atoms with Gasteiger partial charge >= 0.3 is 5.97 Å². The Balaban J connectivity index is 2.15. The summed E-state index contributed by atoms with van der Waals surface area (Å²) >= 11 is 0. The Morgan fingerprint density at radius 3 is 2.47 bits per heavy atom. The van der Waals surface area contributed by atoms with Gasteiger partial charge in [0.1, 0.15) is 0 Å². The summed E-state index contributed by atoms with van der Waals surface area (Å²) < 4.78 is 5.06. The van der Waals surface area contributed by atoms with Crippen LogP contribution in [0.25, 0.3) is 0 Å². The van der Waals surface area contributed by atoms with Crippen LogP contribution in [0.4, 0.5) is 0 Å². The maximum absolute atomic E-state index is 11.3. The van der Waals surface area contributed by atoms with E-state index >= 15 is 0 Å². The van der Waals surface area contributed by atoms with Gasteiger partial charge < -0.3 is 10.1 Å². The van der Waals surface area contributed by atoms with E-state index < -0.39 is 0 Å². The van der Waals surface area contributed by atoms with Gasteiger partial charge in [-0.15, -0.1) is 0 Å². The van der Waals surface area contributed by atoms with Gasteiger partial charge in [0.2, 0.25) is 0 Å². The minimum absolute atomic E-state index is 0.0129. The van der Waals surface area contributed by atoms with E-state index in [9.17, 15) is 4.79 Å². The fraction of sp³-hybridized carbons (Fsp3) is 0.917. The normalized spacial score (nSPS) is 19.5. The summed E-state index contributed by atoms with van der Waals surface area (Å²) in [5.41, 5.74) is 0. The van der Waals surface area contributed by atoms with Crippen LogP contribution in [0.5, 0.6) is 0 Å². The van der Waals surface area contributed by atoms with Gasteiger partial charge in [-0.05, 0) is 39.5 Å². The van der Waals surface area contributed by atoms with Gasteiger partial charge in [0.15, 0.2) is 0 Å². The highest BCUT2D eigenvalue weighted by molar-refractivity contribution is 5.71. The van der Waals surface area contributed by atoms with E-state index in [1.165, 1.54) is 25.7 Å². The predicted molar refractivity (Wildman–Crippen MR) is 60.7 cm³/mol. The number of hydrogen-bond donors (Lipinski definition) is 1. The third-order valence-electron chi connectivity index (χ3n) is 3.04. The summed E-state index contributed by atoms with van der Waals surface area (Å²) in [4.78, 5) is 11.3. The third-order valence-corrected chi connectivity index (χ3v) is 3.04. The van der Waals surface area contributed by atoms with E-state index in [1.807, 2.05) is 13.8 Å². The molecular weight excluding hydrogens is 190 g/mol. The Labute approximate surface area is 92.6 Å². The molecular formula is C12H23NO2. The second-order valence-electron chi connectivity index (χ2n) is 4.75. The van der Waals surface area contributed by atoms with Gasteiger partial charge in [0.05, 0.1) is 12.6 Å². The van der Waals surface area contributed by atoms with Crippen molar-refractivity contribution in [3.8, 4) is 0 Å². The molecule has 3 nitrogen and oxygen atoms in total. The van der Waals surface area contributed by atoms with Crippen molar-refractivity contribution < 1.29 is 9.53 Å². The first-order valence-electron chi connectivity index (χ1n) is 6.02. The van der Waals surface area contributed by atoms with E-state index in [1.54, 1.807) is 0 Å². The minimum Gasteiger partial charge on any atom is -0.462 e. The van der Waals surface area contributed by atoms with Crippen LogP contribution in [-0.4, -0.2) is 24.7 Å². The molecule has 0 aliphatic heterocycles. The lowest BCUT2D eigenvalue weighted by molar-refractivity contribution is -0.146. The van der Waals surface area contributed by atoms with Crippen LogP contribution in [-0.2, 0) is 9.53 Å². The molecule has 0 aromatic rings. The molecule has 0 amide bonds. The van der Waals surface area contributed by atoms with Crippen molar-refractivity contribution in [1.29, 1.82) is 0 Å². The highest BCUT2D eigenvalue weighted by atomic mass is 16.5. The highest BCUT2D eigenvalue weighted by Crippen LogP contribution is 2.27. The standard InChI is InChI=1S/C12H23NO2/c1-9(2)15-12(14)8-13-10(3)11-6-4-5-7-11/h9-11,13H,4-8H2,1-3H3/t10-/m0/s1. The van der Waals surface area contributed by atoms with Crippen LogP contribution < -0.4 is 5.32 Å². The number of esters is 1. The molecule has 0 saturated heterocycles. The molecule has 0 radical (unpaired) electrons. The molecule has 1 atom stereocenters. The van der Waals surface area contributed by atoms with Gasteiger partial charge in [-0.1, -0.05) is 12.8 Å². The molecule has 1 fully saturated rings. The molecule has 0 spiro atoms. The molecule has 15 heavy (non-hydrogen) atoms. The van der Waals surface area contributed by atoms with Crippen LogP contribution in [0.1, 0.15) is 46.5 Å². The molecule has 0 heterocycles. The smallest absolute Gasteiger partial charge is 0.320 e. The van der Waals surface area contributed by atoms with Crippen LogP contribution in [0, 0.1) is 5.92 Å². The predicted octanol–water partition coefficient (Wildman–Crippen LogP) is 2.11. The van der Waals surface area contributed by atoms with Crippen molar-refractivity contribution in [2.24, 2.45) is 5.92 Å². The van der Waals surface area contributed by atoms with Crippen LogP contribution in [0.3, 0.4) is 0 Å². The second-order valence-corrected chi connectivity index (χ2v) is 4.75. The monoisotopic (exact) mass is 213 g/mol. The Kier molecular flexibility index (Phi) is 5.09. The van der Waals surface area contributed by atoms with Gasteiger partial charge in [-0.3, -0.25) is 4.79 Å². The van der Waals surface area contributed by atoms with Gasteiger partial charge in [0, 0.05) is 6.04 Å². The molecule has 0 aromatic heterocycles. The fourth-order valence-electron chi connectivity index (χ4n) is 2.17. The largest absolute Gasteiger partial charge is 0.462 e. The summed E-state index contributed by atoms with van der Waals surface area (Å²) in [6, 6.07) is 0.437. The molecule has 1 saturated carbocycles. The molecule has 1 aliphatic carbocycles. The molecule has 0 aromatic carbocycles. The summed E-state index contributed by atoms with van der Waals surface area (Å²) in [6.07, 6.45) is 5.27. The summed E-state index contributed by atoms with van der Waals surface area (Å²) in [5, 5.41) is 3.26. The maximum Gasteiger partial charge on any atom is 0.320 e. The van der Waals surface area contributed by atoms with E-state index in [0.29, 0.717) is 12.6 Å². The lowest BCUT2D eigenvalue weighted by Gasteiger charge is -2.20. The molecule has 1 aliphatic rings. The summed E-state index contributed by atoms with van der Waals surface area (Å²) in [6.45, 7) is 6.26. The quantitative estimate of drug-likeness (QED) is 0.711. The zero-order chi connectivity index (χ0) is 11.3. The highest BCUT2D eigenvalue weighted by Gasteiger charge is 2.21. The van der Waals surface area contributed by atoms with Crippen molar-refractivity contribution in [2.75, 3.05) is 6.54 Å². The van der Waals surface area contributed by atoms with Crippen LogP contribution in [0.15, 0.2) is 0 Å². The molecule has 1 rings (SSSR count). The fourth-order valence-corrected chi connectivity index (χ4v) is 2.17. The van der Waals surface area contributed by atoms with E-state index in [0.717, 1.165) is 5.92 Å². The van der Waals surface area contributed by atoms with Crippen molar-refractivity contribution in [3.05, 3.63) is 0 Å². The zero-order valence-corrected chi connectivity index (χ0v) is 10.1. The second kappa shape index (κ2) is 6.11. The Bertz CT molecular complexity index is 198. The lowest BCUT2D eigenvalue weighted by Crippen LogP contribution is -2.37. The lowest BCUT2D eigenvalue weighted by atomic mass is 10.00. The van der Waals surface area contributed by atoms with E-state index in [-0.39, 0.29) is 12.1 Å². The molecule has 0 bridgehead atoms. The average molecular weight is 213 g/mol. The Hall–Kier alpha value is -0.570. The van der Waals surface area contributed by atoms with E-state index in [4.69, 9.17) is 4.74 Å². The molecule has 88 valence electrons.